The zero-order valence-electron chi connectivity index (χ0n) is 9.93. The third-order valence-corrected chi connectivity index (χ3v) is 3.37. The first-order chi connectivity index (χ1) is 9.56. The van der Waals surface area contributed by atoms with E-state index in [0.29, 0.717) is 21.1 Å². The maximum Gasteiger partial charge on any atom is 0.339 e. The van der Waals surface area contributed by atoms with Crippen molar-refractivity contribution in [1.82, 2.24) is 4.98 Å². The summed E-state index contributed by atoms with van der Waals surface area (Å²) in [5, 5.41) is 10.0. The van der Waals surface area contributed by atoms with Crippen LogP contribution in [0.3, 0.4) is 0 Å². The molecule has 6 heteroatoms. The highest BCUT2D eigenvalue weighted by atomic mass is 35.5. The number of nitrogens with zero attached hydrogens (tertiary/aromatic N) is 1. The lowest BCUT2D eigenvalue weighted by Crippen LogP contribution is -1.95. The van der Waals surface area contributed by atoms with E-state index < -0.39 is 5.97 Å². The van der Waals surface area contributed by atoms with Crippen molar-refractivity contribution in [3.8, 4) is 11.5 Å². The van der Waals surface area contributed by atoms with E-state index in [-0.39, 0.29) is 17.0 Å². The topological polar surface area (TPSA) is 63.3 Å². The lowest BCUT2D eigenvalue weighted by molar-refractivity contribution is 0.0698. The predicted molar refractivity (Wildman–Crippen MR) is 76.4 cm³/mol. The Bertz CT molecular complexity index is 826. The normalized spacial score (nSPS) is 10.9. The molecule has 0 aliphatic heterocycles. The van der Waals surface area contributed by atoms with E-state index in [4.69, 9.17) is 32.7 Å². The average Bonchev–Trinajstić information content (AvgIpc) is 2.84. The average molecular weight is 308 g/mol. The van der Waals surface area contributed by atoms with Crippen LogP contribution in [-0.2, 0) is 0 Å². The fourth-order valence-corrected chi connectivity index (χ4v) is 2.26. The van der Waals surface area contributed by atoms with Gasteiger partial charge in [0.1, 0.15) is 11.1 Å². The molecular formula is C14H7Cl2NO3. The molecule has 1 aromatic heterocycles. The van der Waals surface area contributed by atoms with Gasteiger partial charge in [0.25, 0.3) is 0 Å². The number of carboxylic acid groups (broad SMARTS) is 1. The largest absolute Gasteiger partial charge is 0.478 e. The van der Waals surface area contributed by atoms with Gasteiger partial charge < -0.3 is 9.52 Å². The monoisotopic (exact) mass is 307 g/mol. The Morgan fingerprint density at radius 2 is 2.00 bits per heavy atom. The van der Waals surface area contributed by atoms with Crippen molar-refractivity contribution in [2.45, 2.75) is 0 Å². The Morgan fingerprint density at radius 1 is 1.20 bits per heavy atom. The van der Waals surface area contributed by atoms with Crippen molar-refractivity contribution in [2.75, 3.05) is 0 Å². The van der Waals surface area contributed by atoms with Crippen LogP contribution in [-0.4, -0.2) is 16.1 Å². The standard InChI is InChI=1S/C14H7Cl2NO3/c15-7-4-5-10(16)9(6-7)13-17-11-3-1-2-8(14(18)19)12(11)20-13/h1-6H,(H,18,19). The van der Waals surface area contributed by atoms with E-state index in [9.17, 15) is 4.79 Å². The Labute approximate surface area is 123 Å². The van der Waals surface area contributed by atoms with Gasteiger partial charge in [-0.25, -0.2) is 9.78 Å². The smallest absolute Gasteiger partial charge is 0.339 e. The first-order valence-corrected chi connectivity index (χ1v) is 6.40. The summed E-state index contributed by atoms with van der Waals surface area (Å²) in [5.74, 6) is -0.836. The molecule has 0 atom stereocenters. The number of hydrogen-bond acceptors (Lipinski definition) is 3. The molecule has 0 saturated heterocycles. The number of aromatic carboxylic acids is 1. The van der Waals surface area contributed by atoms with Gasteiger partial charge in [0.2, 0.25) is 5.89 Å². The lowest BCUT2D eigenvalue weighted by Gasteiger charge is -1.99. The van der Waals surface area contributed by atoms with Gasteiger partial charge >= 0.3 is 5.97 Å². The fourth-order valence-electron chi connectivity index (χ4n) is 1.89. The molecule has 2 aromatic carbocycles. The summed E-state index contributed by atoms with van der Waals surface area (Å²) in [6, 6.07) is 9.64. The van der Waals surface area contributed by atoms with Gasteiger partial charge in [-0.2, -0.15) is 0 Å². The number of oxazole rings is 1. The first kappa shape index (κ1) is 13.0. The third-order valence-electron chi connectivity index (χ3n) is 2.80. The van der Waals surface area contributed by atoms with Crippen molar-refractivity contribution in [1.29, 1.82) is 0 Å². The van der Waals surface area contributed by atoms with Crippen LogP contribution >= 0.6 is 23.2 Å². The molecular weight excluding hydrogens is 301 g/mol. The second-order valence-electron chi connectivity index (χ2n) is 4.10. The molecule has 4 nitrogen and oxygen atoms in total. The molecule has 0 radical (unpaired) electrons. The number of halogens is 2. The van der Waals surface area contributed by atoms with Crippen molar-refractivity contribution in [3.05, 3.63) is 52.0 Å². The summed E-state index contributed by atoms with van der Waals surface area (Å²) in [5.41, 5.74) is 1.24. The lowest BCUT2D eigenvalue weighted by atomic mass is 10.2. The number of hydrogen-bond donors (Lipinski definition) is 1. The van der Waals surface area contributed by atoms with Crippen molar-refractivity contribution in [3.63, 3.8) is 0 Å². The van der Waals surface area contributed by atoms with Gasteiger partial charge in [-0.3, -0.25) is 0 Å². The molecule has 20 heavy (non-hydrogen) atoms. The number of rotatable bonds is 2. The molecule has 0 aliphatic rings. The van der Waals surface area contributed by atoms with Gasteiger partial charge in [0.15, 0.2) is 5.58 Å². The molecule has 0 bridgehead atoms. The molecule has 0 amide bonds. The molecule has 3 rings (SSSR count). The van der Waals surface area contributed by atoms with E-state index in [1.54, 1.807) is 30.3 Å². The number of benzene rings is 2. The summed E-state index contributed by atoms with van der Waals surface area (Å²) in [6.07, 6.45) is 0. The highest BCUT2D eigenvalue weighted by molar-refractivity contribution is 6.35. The van der Waals surface area contributed by atoms with Crippen molar-refractivity contribution < 1.29 is 14.3 Å². The summed E-state index contributed by atoms with van der Waals surface area (Å²) < 4.78 is 5.55. The highest BCUT2D eigenvalue weighted by Gasteiger charge is 2.17. The molecule has 100 valence electrons. The summed E-state index contributed by atoms with van der Waals surface area (Å²) >= 11 is 12.0. The zero-order valence-corrected chi connectivity index (χ0v) is 11.4. The SMILES string of the molecule is O=C(O)c1cccc2nc(-c3cc(Cl)ccc3Cl)oc12. The number of para-hydroxylation sites is 1. The van der Waals surface area contributed by atoms with Gasteiger partial charge in [-0.05, 0) is 30.3 Å². The predicted octanol–water partition coefficient (Wildman–Crippen LogP) is 4.50. The van der Waals surface area contributed by atoms with E-state index in [1.807, 2.05) is 0 Å². The van der Waals surface area contributed by atoms with Crippen LogP contribution in [0.2, 0.25) is 10.0 Å². The highest BCUT2D eigenvalue weighted by Crippen LogP contribution is 2.33. The summed E-state index contributed by atoms with van der Waals surface area (Å²) in [4.78, 5) is 15.4. The first-order valence-electron chi connectivity index (χ1n) is 5.64. The Balaban J connectivity index is 2.26. The zero-order chi connectivity index (χ0) is 14.3. The van der Waals surface area contributed by atoms with Crippen LogP contribution in [0.5, 0.6) is 0 Å². The Morgan fingerprint density at radius 3 is 2.75 bits per heavy atom. The van der Waals surface area contributed by atoms with Crippen LogP contribution in [0.25, 0.3) is 22.6 Å². The van der Waals surface area contributed by atoms with Gasteiger partial charge in [0.05, 0.1) is 10.6 Å². The van der Waals surface area contributed by atoms with Crippen molar-refractivity contribution in [2.24, 2.45) is 0 Å². The van der Waals surface area contributed by atoms with E-state index in [0.717, 1.165) is 0 Å². The minimum atomic E-state index is -1.07. The van der Waals surface area contributed by atoms with Gasteiger partial charge in [-0.1, -0.05) is 29.3 Å². The maximum absolute atomic E-state index is 11.1. The summed E-state index contributed by atoms with van der Waals surface area (Å²) in [6.45, 7) is 0. The van der Waals surface area contributed by atoms with Crippen LogP contribution in [0.4, 0.5) is 0 Å². The van der Waals surface area contributed by atoms with Crippen LogP contribution in [0, 0.1) is 0 Å². The molecule has 0 aliphatic carbocycles. The Hall–Kier alpha value is -2.04. The Kier molecular flexibility index (Phi) is 3.12. The van der Waals surface area contributed by atoms with E-state index >= 15 is 0 Å². The molecule has 0 saturated carbocycles. The number of carboxylic acids is 1. The van der Waals surface area contributed by atoms with Crippen LogP contribution in [0.15, 0.2) is 40.8 Å². The van der Waals surface area contributed by atoms with Crippen LogP contribution in [0.1, 0.15) is 10.4 Å². The quantitative estimate of drug-likeness (QED) is 0.757. The third kappa shape index (κ3) is 2.13. The van der Waals surface area contributed by atoms with Gasteiger partial charge in [0, 0.05) is 5.02 Å². The number of aromatic nitrogens is 1. The minimum Gasteiger partial charge on any atom is -0.478 e. The minimum absolute atomic E-state index is 0.0550. The fraction of sp³-hybridized carbons (Fsp3) is 0. The second-order valence-corrected chi connectivity index (χ2v) is 4.95. The van der Waals surface area contributed by atoms with Gasteiger partial charge in [-0.15, -0.1) is 0 Å². The van der Waals surface area contributed by atoms with E-state index in [2.05, 4.69) is 4.98 Å². The van der Waals surface area contributed by atoms with E-state index in [1.165, 1.54) is 6.07 Å². The van der Waals surface area contributed by atoms with Crippen LogP contribution < -0.4 is 0 Å². The maximum atomic E-state index is 11.1. The second kappa shape index (κ2) is 4.81. The molecule has 0 unspecified atom stereocenters. The molecule has 1 heterocycles. The number of fused-ring (bicyclic) bond motifs is 1. The molecule has 3 aromatic rings. The summed E-state index contributed by atoms with van der Waals surface area (Å²) in [7, 11) is 0. The molecule has 0 spiro atoms. The van der Waals surface area contributed by atoms with Crippen molar-refractivity contribution >= 4 is 40.3 Å². The molecule has 0 fully saturated rings. The number of carbonyl (C=O) groups is 1. The molecule has 1 N–H and O–H groups in total.